The standard InChI is InChI=1S/C8H11IO3/c9-6-1-4-3-12-8(11)5(4)2-7(6)10/h4-7,10H,1-3H2/t4-,5-,6+,7+/m1/s1. The van der Waals surface area contributed by atoms with E-state index in [1.165, 1.54) is 0 Å². The molecule has 0 bridgehead atoms. The Labute approximate surface area is 84.6 Å². The van der Waals surface area contributed by atoms with Gasteiger partial charge in [-0.25, -0.2) is 0 Å². The molecule has 1 saturated carbocycles. The summed E-state index contributed by atoms with van der Waals surface area (Å²) in [6.45, 7) is 0.565. The number of alkyl halides is 1. The van der Waals surface area contributed by atoms with E-state index in [-0.39, 0.29) is 18.0 Å². The molecule has 1 aliphatic heterocycles. The summed E-state index contributed by atoms with van der Waals surface area (Å²) >= 11 is 2.25. The Balaban J connectivity index is 2.09. The highest BCUT2D eigenvalue weighted by atomic mass is 127. The molecule has 0 unspecified atom stereocenters. The molecule has 1 saturated heterocycles. The van der Waals surface area contributed by atoms with Crippen molar-refractivity contribution in [3.05, 3.63) is 0 Å². The molecule has 1 aliphatic carbocycles. The number of cyclic esters (lactones) is 1. The van der Waals surface area contributed by atoms with E-state index in [4.69, 9.17) is 4.74 Å². The maximum atomic E-state index is 11.1. The molecule has 2 rings (SSSR count). The summed E-state index contributed by atoms with van der Waals surface area (Å²) in [5, 5.41) is 9.53. The summed E-state index contributed by atoms with van der Waals surface area (Å²) in [4.78, 5) is 11.1. The average molecular weight is 282 g/mol. The van der Waals surface area contributed by atoms with Gasteiger partial charge in [0.05, 0.1) is 18.6 Å². The highest BCUT2D eigenvalue weighted by Crippen LogP contribution is 2.38. The molecule has 1 heterocycles. The van der Waals surface area contributed by atoms with Crippen LogP contribution in [-0.4, -0.2) is 27.7 Å². The second-order valence-corrected chi connectivity index (χ2v) is 5.15. The zero-order valence-corrected chi connectivity index (χ0v) is 8.73. The second-order valence-electron chi connectivity index (χ2n) is 3.55. The van der Waals surface area contributed by atoms with Gasteiger partial charge in [0.2, 0.25) is 0 Å². The number of rotatable bonds is 0. The van der Waals surface area contributed by atoms with E-state index in [2.05, 4.69) is 22.6 Å². The molecule has 4 atom stereocenters. The fourth-order valence-electron chi connectivity index (χ4n) is 1.98. The van der Waals surface area contributed by atoms with Crippen LogP contribution < -0.4 is 0 Å². The van der Waals surface area contributed by atoms with Crippen LogP contribution in [0.25, 0.3) is 0 Å². The lowest BCUT2D eigenvalue weighted by molar-refractivity contribution is -0.142. The normalized spacial score (nSPS) is 47.0. The molecule has 3 nitrogen and oxygen atoms in total. The molecule has 2 fully saturated rings. The summed E-state index contributed by atoms with van der Waals surface area (Å²) in [7, 11) is 0. The summed E-state index contributed by atoms with van der Waals surface area (Å²) < 4.78 is 5.23. The number of hydrogen-bond acceptors (Lipinski definition) is 3. The molecule has 0 aromatic carbocycles. The molecular formula is C8H11IO3. The van der Waals surface area contributed by atoms with Gasteiger partial charge in [0.1, 0.15) is 0 Å². The van der Waals surface area contributed by atoms with Crippen LogP contribution in [0, 0.1) is 11.8 Å². The minimum atomic E-state index is -0.322. The van der Waals surface area contributed by atoms with Gasteiger partial charge in [0.15, 0.2) is 0 Å². The third kappa shape index (κ3) is 1.35. The molecule has 1 N–H and O–H groups in total. The minimum absolute atomic E-state index is 0.0222. The Bertz CT molecular complexity index is 206. The van der Waals surface area contributed by atoms with Crippen LogP contribution in [0.15, 0.2) is 0 Å². The summed E-state index contributed by atoms with van der Waals surface area (Å²) in [5.74, 6) is 0.233. The highest BCUT2D eigenvalue weighted by molar-refractivity contribution is 14.1. The second kappa shape index (κ2) is 3.14. The van der Waals surface area contributed by atoms with Gasteiger partial charge in [-0.15, -0.1) is 0 Å². The molecule has 0 spiro atoms. The van der Waals surface area contributed by atoms with Crippen LogP contribution in [0.3, 0.4) is 0 Å². The number of hydrogen-bond donors (Lipinski definition) is 1. The van der Waals surface area contributed by atoms with Gasteiger partial charge < -0.3 is 9.84 Å². The van der Waals surface area contributed by atoms with Crippen molar-refractivity contribution in [2.45, 2.75) is 22.9 Å². The van der Waals surface area contributed by atoms with E-state index in [1.807, 2.05) is 0 Å². The van der Waals surface area contributed by atoms with Gasteiger partial charge in [0, 0.05) is 9.84 Å². The van der Waals surface area contributed by atoms with E-state index in [9.17, 15) is 9.90 Å². The number of carbonyl (C=O) groups excluding carboxylic acids is 1. The number of fused-ring (bicyclic) bond motifs is 1. The average Bonchev–Trinajstić information content (AvgIpc) is 2.35. The molecule has 2 aliphatic rings. The van der Waals surface area contributed by atoms with Gasteiger partial charge in [-0.05, 0) is 12.8 Å². The van der Waals surface area contributed by atoms with Crippen molar-refractivity contribution >= 4 is 28.6 Å². The first-order valence-electron chi connectivity index (χ1n) is 4.17. The van der Waals surface area contributed by atoms with E-state index in [0.29, 0.717) is 22.9 Å². The van der Waals surface area contributed by atoms with E-state index in [1.54, 1.807) is 0 Å². The molecular weight excluding hydrogens is 271 g/mol. The Morgan fingerprint density at radius 1 is 1.50 bits per heavy atom. The summed E-state index contributed by atoms with van der Waals surface area (Å²) in [5.41, 5.74) is 0. The smallest absolute Gasteiger partial charge is 0.309 e. The summed E-state index contributed by atoms with van der Waals surface area (Å²) in [6.07, 6.45) is 1.19. The van der Waals surface area contributed by atoms with Crippen molar-refractivity contribution in [1.82, 2.24) is 0 Å². The number of carbonyl (C=O) groups is 1. The van der Waals surface area contributed by atoms with Crippen LogP contribution in [0.5, 0.6) is 0 Å². The van der Waals surface area contributed by atoms with Gasteiger partial charge in [-0.1, -0.05) is 22.6 Å². The Morgan fingerprint density at radius 2 is 2.25 bits per heavy atom. The first kappa shape index (κ1) is 8.74. The number of esters is 1. The van der Waals surface area contributed by atoms with Gasteiger partial charge >= 0.3 is 5.97 Å². The van der Waals surface area contributed by atoms with Crippen molar-refractivity contribution in [1.29, 1.82) is 0 Å². The maximum absolute atomic E-state index is 11.1. The largest absolute Gasteiger partial charge is 0.465 e. The van der Waals surface area contributed by atoms with Crippen molar-refractivity contribution in [3.63, 3.8) is 0 Å². The third-order valence-electron chi connectivity index (χ3n) is 2.75. The molecule has 0 amide bonds. The SMILES string of the molecule is O=C1OC[C@H]2C[C@H](I)[C@@H](O)C[C@@H]12. The predicted molar refractivity (Wildman–Crippen MR) is 51.0 cm³/mol. The number of aliphatic hydroxyl groups excluding tert-OH is 1. The van der Waals surface area contributed by atoms with Crippen molar-refractivity contribution in [2.24, 2.45) is 11.8 Å². The van der Waals surface area contributed by atoms with Crippen LogP contribution in [0.2, 0.25) is 0 Å². The van der Waals surface area contributed by atoms with Gasteiger partial charge in [-0.3, -0.25) is 4.79 Å². The van der Waals surface area contributed by atoms with E-state index < -0.39 is 0 Å². The van der Waals surface area contributed by atoms with Crippen LogP contribution in [-0.2, 0) is 9.53 Å². The van der Waals surface area contributed by atoms with Crippen LogP contribution in [0.4, 0.5) is 0 Å². The Morgan fingerprint density at radius 3 is 3.00 bits per heavy atom. The predicted octanol–water partition coefficient (Wildman–Crippen LogP) is 0.734. The fraction of sp³-hybridized carbons (Fsp3) is 0.875. The topological polar surface area (TPSA) is 46.5 Å². The number of halogens is 1. The van der Waals surface area contributed by atoms with Gasteiger partial charge in [0.25, 0.3) is 0 Å². The molecule has 0 radical (unpaired) electrons. The molecule has 12 heavy (non-hydrogen) atoms. The van der Waals surface area contributed by atoms with Crippen LogP contribution in [0.1, 0.15) is 12.8 Å². The zero-order valence-electron chi connectivity index (χ0n) is 6.57. The highest BCUT2D eigenvalue weighted by Gasteiger charge is 2.44. The van der Waals surface area contributed by atoms with Crippen molar-refractivity contribution < 1.29 is 14.6 Å². The quantitative estimate of drug-likeness (QED) is 0.405. The van der Waals surface area contributed by atoms with Crippen LogP contribution >= 0.6 is 22.6 Å². The molecule has 4 heteroatoms. The lowest BCUT2D eigenvalue weighted by Crippen LogP contribution is -2.36. The molecule has 0 aromatic rings. The zero-order chi connectivity index (χ0) is 8.72. The molecule has 68 valence electrons. The monoisotopic (exact) mass is 282 g/mol. The Kier molecular flexibility index (Phi) is 2.29. The molecule has 0 aromatic heterocycles. The first-order valence-corrected chi connectivity index (χ1v) is 5.42. The first-order chi connectivity index (χ1) is 5.68. The third-order valence-corrected chi connectivity index (χ3v) is 4.09. The van der Waals surface area contributed by atoms with E-state index in [0.717, 1.165) is 6.42 Å². The lowest BCUT2D eigenvalue weighted by Gasteiger charge is -2.29. The maximum Gasteiger partial charge on any atom is 0.309 e. The number of ether oxygens (including phenoxy) is 1. The van der Waals surface area contributed by atoms with E-state index >= 15 is 0 Å². The van der Waals surface area contributed by atoms with Crippen molar-refractivity contribution in [2.75, 3.05) is 6.61 Å². The Hall–Kier alpha value is 0.160. The van der Waals surface area contributed by atoms with Crippen molar-refractivity contribution in [3.8, 4) is 0 Å². The lowest BCUT2D eigenvalue weighted by atomic mass is 9.80. The fourth-order valence-corrected chi connectivity index (χ4v) is 2.93. The number of aliphatic hydroxyl groups is 1. The summed E-state index contributed by atoms with van der Waals surface area (Å²) in [6, 6.07) is 0. The van der Waals surface area contributed by atoms with Gasteiger partial charge in [-0.2, -0.15) is 0 Å². The minimum Gasteiger partial charge on any atom is -0.465 e.